The lowest BCUT2D eigenvalue weighted by molar-refractivity contribution is 0.237. The Morgan fingerprint density at radius 1 is 1.57 bits per heavy atom. The molecule has 0 radical (unpaired) electrons. The molecular weight excluding hydrogens is 186 g/mol. The third kappa shape index (κ3) is 1.52. The molecule has 0 fully saturated rings. The van der Waals surface area contributed by atoms with Gasteiger partial charge in [-0.25, -0.2) is 0 Å². The van der Waals surface area contributed by atoms with E-state index in [0.29, 0.717) is 11.6 Å². The molecule has 0 aromatic carbocycles. The van der Waals surface area contributed by atoms with Crippen molar-refractivity contribution < 1.29 is 14.0 Å². The Labute approximate surface area is 79.3 Å². The van der Waals surface area contributed by atoms with Crippen molar-refractivity contribution in [2.75, 3.05) is 6.61 Å². The number of rotatable bonds is 3. The van der Waals surface area contributed by atoms with Gasteiger partial charge in [0.2, 0.25) is 11.7 Å². The van der Waals surface area contributed by atoms with E-state index in [4.69, 9.17) is 19.8 Å². The van der Waals surface area contributed by atoms with Crippen LogP contribution in [0.25, 0.3) is 11.6 Å². The topological polar surface area (TPSA) is 98.3 Å². The quantitative estimate of drug-likeness (QED) is 0.731. The van der Waals surface area contributed by atoms with Crippen LogP contribution in [0.2, 0.25) is 0 Å². The fourth-order valence-electron chi connectivity index (χ4n) is 0.970. The lowest BCUT2D eigenvalue weighted by Gasteiger charge is -1.98. The summed E-state index contributed by atoms with van der Waals surface area (Å²) >= 11 is 0. The number of nitrogens with two attached hydrogens (primary N) is 1. The van der Waals surface area contributed by atoms with Crippen molar-refractivity contribution >= 4 is 0 Å². The fourth-order valence-corrected chi connectivity index (χ4v) is 0.970. The van der Waals surface area contributed by atoms with E-state index in [-0.39, 0.29) is 12.5 Å². The van der Waals surface area contributed by atoms with Gasteiger partial charge in [0.25, 0.3) is 0 Å². The van der Waals surface area contributed by atoms with Gasteiger partial charge >= 0.3 is 0 Å². The molecule has 2 rings (SSSR count). The predicted molar refractivity (Wildman–Crippen MR) is 46.0 cm³/mol. The second-order valence-electron chi connectivity index (χ2n) is 2.72. The van der Waals surface area contributed by atoms with Gasteiger partial charge in [-0.2, -0.15) is 4.98 Å². The lowest BCUT2D eigenvalue weighted by atomic mass is 10.3. The molecule has 1 atom stereocenters. The smallest absolute Gasteiger partial charge is 0.246 e. The van der Waals surface area contributed by atoms with Crippen LogP contribution in [0.5, 0.6) is 0 Å². The summed E-state index contributed by atoms with van der Waals surface area (Å²) in [5.41, 5.74) is 5.48. The number of aromatic nitrogens is 2. The molecule has 1 unspecified atom stereocenters. The van der Waals surface area contributed by atoms with Gasteiger partial charge in [0.05, 0.1) is 12.9 Å². The molecule has 0 aliphatic carbocycles. The fraction of sp³-hybridized carbons (Fsp3) is 0.250. The maximum absolute atomic E-state index is 8.75. The summed E-state index contributed by atoms with van der Waals surface area (Å²) < 4.78 is 9.89. The van der Waals surface area contributed by atoms with Gasteiger partial charge in [-0.15, -0.1) is 0 Å². The molecule has 0 aliphatic rings. The van der Waals surface area contributed by atoms with E-state index in [1.807, 2.05) is 0 Å². The van der Waals surface area contributed by atoms with Crippen molar-refractivity contribution in [1.29, 1.82) is 0 Å². The molecule has 2 aromatic heterocycles. The first kappa shape index (κ1) is 8.92. The van der Waals surface area contributed by atoms with Crippen LogP contribution >= 0.6 is 0 Å². The predicted octanol–water partition coefficient (Wildman–Crippen LogP) is 0.322. The molecule has 0 amide bonds. The molecule has 2 aromatic rings. The highest BCUT2D eigenvalue weighted by atomic mass is 16.5. The summed E-state index contributed by atoms with van der Waals surface area (Å²) in [6, 6.07) is 2.78. The summed E-state index contributed by atoms with van der Waals surface area (Å²) in [4.78, 5) is 3.97. The second-order valence-corrected chi connectivity index (χ2v) is 2.72. The Hall–Kier alpha value is -1.66. The Bertz CT molecular complexity index is 396. The summed E-state index contributed by atoms with van der Waals surface area (Å²) in [7, 11) is 0. The molecule has 0 saturated carbocycles. The minimum atomic E-state index is -0.647. The summed E-state index contributed by atoms with van der Waals surface area (Å²) in [6.07, 6.45) is 1.51. The van der Waals surface area contributed by atoms with E-state index in [9.17, 15) is 0 Å². The van der Waals surface area contributed by atoms with Gasteiger partial charge < -0.3 is 19.8 Å². The van der Waals surface area contributed by atoms with Crippen LogP contribution in [0.3, 0.4) is 0 Å². The number of nitrogens with zero attached hydrogens (tertiary/aromatic N) is 2. The first-order valence-corrected chi connectivity index (χ1v) is 4.05. The van der Waals surface area contributed by atoms with Gasteiger partial charge in [0.1, 0.15) is 6.04 Å². The van der Waals surface area contributed by atoms with Crippen LogP contribution < -0.4 is 5.73 Å². The first-order chi connectivity index (χ1) is 6.81. The molecule has 0 saturated heterocycles. The monoisotopic (exact) mass is 195 g/mol. The number of hydrogen-bond acceptors (Lipinski definition) is 6. The molecule has 3 N–H and O–H groups in total. The van der Waals surface area contributed by atoms with E-state index >= 15 is 0 Å². The third-order valence-corrected chi connectivity index (χ3v) is 1.70. The lowest BCUT2D eigenvalue weighted by Crippen LogP contribution is -2.14. The molecule has 6 heteroatoms. The first-order valence-electron chi connectivity index (χ1n) is 4.05. The van der Waals surface area contributed by atoms with Crippen LogP contribution in [0, 0.1) is 0 Å². The molecule has 14 heavy (non-hydrogen) atoms. The van der Waals surface area contributed by atoms with E-state index in [1.165, 1.54) is 6.26 Å². The van der Waals surface area contributed by atoms with E-state index in [0.717, 1.165) is 0 Å². The summed E-state index contributed by atoms with van der Waals surface area (Å²) in [5, 5.41) is 12.4. The van der Waals surface area contributed by atoms with Crippen molar-refractivity contribution in [1.82, 2.24) is 10.1 Å². The van der Waals surface area contributed by atoms with Crippen molar-refractivity contribution in [3.05, 3.63) is 24.3 Å². The zero-order valence-electron chi connectivity index (χ0n) is 7.25. The molecule has 6 nitrogen and oxygen atoms in total. The Balaban J connectivity index is 2.26. The van der Waals surface area contributed by atoms with Crippen molar-refractivity contribution in [3.8, 4) is 11.6 Å². The van der Waals surface area contributed by atoms with Gasteiger partial charge in [-0.05, 0) is 12.1 Å². The maximum Gasteiger partial charge on any atom is 0.246 e. The number of aliphatic hydroxyl groups is 1. The van der Waals surface area contributed by atoms with Crippen molar-refractivity contribution in [2.24, 2.45) is 5.73 Å². The van der Waals surface area contributed by atoms with Gasteiger partial charge in [0, 0.05) is 0 Å². The highest BCUT2D eigenvalue weighted by Crippen LogP contribution is 2.17. The van der Waals surface area contributed by atoms with Gasteiger partial charge in [0.15, 0.2) is 5.76 Å². The molecule has 0 bridgehead atoms. The molecule has 0 aliphatic heterocycles. The second kappa shape index (κ2) is 3.60. The average molecular weight is 195 g/mol. The molecular formula is C8H9N3O3. The summed E-state index contributed by atoms with van der Waals surface area (Å²) in [6.45, 7) is -0.236. The maximum atomic E-state index is 8.75. The molecule has 0 spiro atoms. The minimum Gasteiger partial charge on any atom is -0.461 e. The van der Waals surface area contributed by atoms with Gasteiger partial charge in [-0.1, -0.05) is 5.16 Å². The van der Waals surface area contributed by atoms with E-state index < -0.39 is 6.04 Å². The van der Waals surface area contributed by atoms with Crippen LogP contribution in [0.1, 0.15) is 11.9 Å². The van der Waals surface area contributed by atoms with Crippen LogP contribution in [-0.2, 0) is 0 Å². The zero-order chi connectivity index (χ0) is 9.97. The van der Waals surface area contributed by atoms with E-state index in [2.05, 4.69) is 10.1 Å². The Morgan fingerprint density at radius 2 is 2.43 bits per heavy atom. The average Bonchev–Trinajstić information content (AvgIpc) is 2.86. The minimum absolute atomic E-state index is 0.193. The zero-order valence-corrected chi connectivity index (χ0v) is 7.25. The number of furan rings is 1. The number of hydrogen-bond donors (Lipinski definition) is 2. The SMILES string of the molecule is NC(CO)c1nc(-c2ccco2)no1. The van der Waals surface area contributed by atoms with Gasteiger partial charge in [-0.3, -0.25) is 0 Å². The number of aliphatic hydroxyl groups excluding tert-OH is 1. The normalized spacial score (nSPS) is 13.0. The highest BCUT2D eigenvalue weighted by molar-refractivity contribution is 5.44. The van der Waals surface area contributed by atoms with Crippen molar-refractivity contribution in [2.45, 2.75) is 6.04 Å². The van der Waals surface area contributed by atoms with Crippen molar-refractivity contribution in [3.63, 3.8) is 0 Å². The molecule has 2 heterocycles. The largest absolute Gasteiger partial charge is 0.461 e. The Kier molecular flexibility index (Phi) is 2.30. The Morgan fingerprint density at radius 3 is 3.07 bits per heavy atom. The van der Waals surface area contributed by atoms with Crippen LogP contribution in [0.4, 0.5) is 0 Å². The van der Waals surface area contributed by atoms with Crippen LogP contribution in [-0.4, -0.2) is 21.9 Å². The van der Waals surface area contributed by atoms with Crippen LogP contribution in [0.15, 0.2) is 27.3 Å². The third-order valence-electron chi connectivity index (χ3n) is 1.70. The standard InChI is InChI=1S/C8H9N3O3/c9-5(4-12)8-10-7(11-14-8)6-2-1-3-13-6/h1-3,5,12H,4,9H2. The molecule has 74 valence electrons. The summed E-state index contributed by atoms with van der Waals surface area (Å²) in [5.74, 6) is 1.03. The highest BCUT2D eigenvalue weighted by Gasteiger charge is 2.15. The van der Waals surface area contributed by atoms with E-state index in [1.54, 1.807) is 12.1 Å².